The minimum atomic E-state index is -1.43. The molecule has 0 heterocycles. The Morgan fingerprint density at radius 1 is 0.464 bits per heavy atom. The van der Waals surface area contributed by atoms with Crippen molar-refractivity contribution in [3.05, 3.63) is 122 Å². The van der Waals surface area contributed by atoms with E-state index in [1.807, 2.05) is 0 Å². The maximum Gasteiger partial charge on any atom is 0.408 e. The number of esters is 2. The Morgan fingerprint density at radius 2 is 0.750 bits per heavy atom. The molecule has 2 atom stereocenters. The van der Waals surface area contributed by atoms with Gasteiger partial charge in [0.1, 0.15) is 45.4 Å². The fourth-order valence-corrected chi connectivity index (χ4v) is 8.77. The van der Waals surface area contributed by atoms with Crippen molar-refractivity contribution in [3.8, 4) is 11.5 Å². The molecule has 22 heteroatoms. The summed E-state index contributed by atoms with van der Waals surface area (Å²) in [6.45, 7) is -0.241. The van der Waals surface area contributed by atoms with Gasteiger partial charge in [-0.2, -0.15) is 0 Å². The monoisotopic (exact) mass is 1000 g/mol. The van der Waals surface area contributed by atoms with Gasteiger partial charge in [-0.1, -0.05) is 198 Å². The van der Waals surface area contributed by atoms with Gasteiger partial charge in [-0.05, 0) is 11.1 Å². The van der Waals surface area contributed by atoms with Gasteiger partial charge in [0, 0.05) is 11.5 Å². The highest BCUT2D eigenvalue weighted by molar-refractivity contribution is 8.76. The van der Waals surface area contributed by atoms with Crippen LogP contribution in [-0.4, -0.2) is 47.7 Å². The summed E-state index contributed by atoms with van der Waals surface area (Å²) in [5.74, 6) is -3.39. The molecule has 0 bridgehead atoms. The molecule has 0 aliphatic rings. The van der Waals surface area contributed by atoms with E-state index in [-0.39, 0.29) is 74.9 Å². The van der Waals surface area contributed by atoms with Gasteiger partial charge in [0.05, 0.1) is 30.1 Å². The summed E-state index contributed by atoms with van der Waals surface area (Å²) in [5.41, 5.74) is 1.35. The van der Waals surface area contributed by atoms with Crippen LogP contribution in [-0.2, 0) is 32.3 Å². The fraction of sp³-hybridized carbons (Fsp3) is 0.176. The van der Waals surface area contributed by atoms with Crippen molar-refractivity contribution >= 4 is 162 Å². The second-order valence-electron chi connectivity index (χ2n) is 10.7. The van der Waals surface area contributed by atoms with Gasteiger partial charge in [-0.25, -0.2) is 19.2 Å². The molecule has 56 heavy (non-hydrogen) atoms. The van der Waals surface area contributed by atoms with Crippen molar-refractivity contribution in [1.82, 2.24) is 10.6 Å². The zero-order valence-electron chi connectivity index (χ0n) is 27.6. The number of amides is 2. The summed E-state index contributed by atoms with van der Waals surface area (Å²) in [7, 11) is 1.94. The summed E-state index contributed by atoms with van der Waals surface area (Å²) in [6, 6.07) is 14.7. The maximum atomic E-state index is 13.5. The Kier molecular flexibility index (Phi) is 18.6. The average Bonchev–Trinajstić information content (AvgIpc) is 3.20. The van der Waals surface area contributed by atoms with Crippen molar-refractivity contribution < 1.29 is 38.1 Å². The first-order valence-corrected chi connectivity index (χ1v) is 21.5. The molecule has 0 aromatic heterocycles. The number of carbonyl (C=O) groups is 4. The molecule has 4 rings (SSSR count). The third-order valence-corrected chi connectivity index (χ3v) is 13.8. The number of hydrogen-bond donors (Lipinski definition) is 2. The van der Waals surface area contributed by atoms with Crippen molar-refractivity contribution in [3.63, 3.8) is 0 Å². The lowest BCUT2D eigenvalue weighted by Crippen LogP contribution is -2.45. The van der Waals surface area contributed by atoms with Crippen molar-refractivity contribution in [2.75, 3.05) is 11.5 Å². The first-order chi connectivity index (χ1) is 26.6. The minimum absolute atomic E-state index is 0.121. The molecule has 0 saturated carbocycles. The van der Waals surface area contributed by atoms with Crippen molar-refractivity contribution in [1.29, 1.82) is 0 Å². The zero-order valence-corrected chi connectivity index (χ0v) is 36.8. The van der Waals surface area contributed by atoms with E-state index in [9.17, 15) is 19.2 Å². The molecule has 0 radical (unpaired) electrons. The highest BCUT2D eigenvalue weighted by Crippen LogP contribution is 2.49. The van der Waals surface area contributed by atoms with E-state index < -0.39 is 47.7 Å². The molecular formula is C34H22Cl10N2O8S2. The number of rotatable bonds is 15. The number of benzene rings is 4. The molecule has 0 unspecified atom stereocenters. The SMILES string of the molecule is O=C(N[C@@H](CSSC[C@H](NC(=O)OCc1ccccc1)C(=O)Oc1c(Cl)c(Cl)c(Cl)c(Cl)c1Cl)C(=O)Oc1c(Cl)c(Cl)c(Cl)c(Cl)c1Cl)OCc1ccccc1. The number of alkyl carbamates (subject to hydrolysis) is 2. The van der Waals surface area contributed by atoms with Crippen LogP contribution in [0.3, 0.4) is 0 Å². The second-order valence-corrected chi connectivity index (χ2v) is 17.1. The molecule has 0 aliphatic heterocycles. The van der Waals surface area contributed by atoms with Gasteiger partial charge < -0.3 is 29.6 Å². The lowest BCUT2D eigenvalue weighted by Gasteiger charge is -2.20. The number of hydrogen-bond acceptors (Lipinski definition) is 10. The van der Waals surface area contributed by atoms with Crippen LogP contribution < -0.4 is 20.1 Å². The molecule has 0 fully saturated rings. The first kappa shape index (κ1) is 46.6. The smallest absolute Gasteiger partial charge is 0.408 e. The minimum Gasteiger partial charge on any atom is -0.445 e. The lowest BCUT2D eigenvalue weighted by atomic mass is 10.2. The molecule has 2 N–H and O–H groups in total. The van der Waals surface area contributed by atoms with Crippen LogP contribution in [0.25, 0.3) is 0 Å². The van der Waals surface area contributed by atoms with Gasteiger partial charge in [0.25, 0.3) is 0 Å². The molecule has 0 saturated heterocycles. The van der Waals surface area contributed by atoms with E-state index in [2.05, 4.69) is 10.6 Å². The van der Waals surface area contributed by atoms with Gasteiger partial charge in [-0.3, -0.25) is 0 Å². The molecule has 298 valence electrons. The van der Waals surface area contributed by atoms with Crippen LogP contribution in [0.1, 0.15) is 11.1 Å². The Hall–Kier alpha value is -2.04. The quantitative estimate of drug-likeness (QED) is 0.0297. The van der Waals surface area contributed by atoms with Crippen LogP contribution >= 0.6 is 138 Å². The van der Waals surface area contributed by atoms with Crippen LogP contribution in [0.2, 0.25) is 50.2 Å². The molecule has 2 amide bonds. The Balaban J connectivity index is 1.50. The number of ether oxygens (including phenoxy) is 4. The Labute approximate surface area is 377 Å². The number of nitrogens with one attached hydrogen (secondary N) is 2. The van der Waals surface area contributed by atoms with E-state index in [1.54, 1.807) is 60.7 Å². The van der Waals surface area contributed by atoms with E-state index >= 15 is 0 Å². The van der Waals surface area contributed by atoms with Gasteiger partial charge in [-0.15, -0.1) is 0 Å². The summed E-state index contributed by atoms with van der Waals surface area (Å²) in [4.78, 5) is 52.7. The van der Waals surface area contributed by atoms with E-state index in [1.165, 1.54) is 0 Å². The largest absolute Gasteiger partial charge is 0.445 e. The highest BCUT2D eigenvalue weighted by atomic mass is 35.5. The van der Waals surface area contributed by atoms with E-state index in [4.69, 9.17) is 135 Å². The fourth-order valence-electron chi connectivity index (χ4n) is 4.08. The predicted octanol–water partition coefficient (Wildman–Crippen LogP) is 12.7. The summed E-state index contributed by atoms with van der Waals surface area (Å²) >= 11 is 61.7. The van der Waals surface area contributed by atoms with Crippen LogP contribution in [0.4, 0.5) is 9.59 Å². The van der Waals surface area contributed by atoms with Crippen LogP contribution in [0.5, 0.6) is 11.5 Å². The standard InChI is InChI=1S/C34H22Cl10N2O8S2/c35-19-21(37)25(41)29(26(42)22(19)38)53-31(47)17(45-33(49)51-11-15-7-3-1-4-8-15)13-55-56-14-18(46-34(50)52-12-16-9-5-2-6-10-16)32(48)54-30-27(43)23(39)20(36)24(40)28(30)44/h1-10,17-18H,11-14H2,(H,45,49)(H,46,50)/t17-,18-/m0/s1. The van der Waals surface area contributed by atoms with E-state index in [0.29, 0.717) is 11.1 Å². The van der Waals surface area contributed by atoms with Crippen LogP contribution in [0.15, 0.2) is 60.7 Å². The second kappa shape index (κ2) is 22.4. The first-order valence-electron chi connectivity index (χ1n) is 15.3. The molecule has 4 aromatic carbocycles. The molecule has 0 spiro atoms. The Morgan fingerprint density at radius 3 is 1.05 bits per heavy atom. The predicted molar refractivity (Wildman–Crippen MR) is 226 cm³/mol. The van der Waals surface area contributed by atoms with Crippen LogP contribution in [0, 0.1) is 0 Å². The molecule has 10 nitrogen and oxygen atoms in total. The van der Waals surface area contributed by atoms with Gasteiger partial charge >= 0.3 is 24.1 Å². The topological polar surface area (TPSA) is 129 Å². The van der Waals surface area contributed by atoms with E-state index in [0.717, 1.165) is 21.6 Å². The normalized spacial score (nSPS) is 12.0. The maximum absolute atomic E-state index is 13.5. The zero-order chi connectivity index (χ0) is 41.1. The summed E-state index contributed by atoms with van der Waals surface area (Å²) in [6.07, 6.45) is -1.96. The lowest BCUT2D eigenvalue weighted by molar-refractivity contribution is -0.136. The van der Waals surface area contributed by atoms with Gasteiger partial charge in [0.2, 0.25) is 0 Å². The number of carbonyl (C=O) groups excluding carboxylic acids is 4. The molecule has 4 aromatic rings. The van der Waals surface area contributed by atoms with Crippen molar-refractivity contribution in [2.24, 2.45) is 0 Å². The Bertz CT molecular complexity index is 1880. The summed E-state index contributed by atoms with van der Waals surface area (Å²) < 4.78 is 21.4. The van der Waals surface area contributed by atoms with Gasteiger partial charge in [0.15, 0.2) is 11.5 Å². The highest BCUT2D eigenvalue weighted by Gasteiger charge is 2.31. The summed E-state index contributed by atoms with van der Waals surface area (Å²) in [5, 5.41) is 2.29. The third kappa shape index (κ3) is 12.7. The molecular weight excluding hydrogens is 983 g/mol. The average molecular weight is 1010 g/mol. The number of halogens is 10. The third-order valence-electron chi connectivity index (χ3n) is 6.88. The molecule has 0 aliphatic carbocycles. The van der Waals surface area contributed by atoms with Crippen molar-refractivity contribution in [2.45, 2.75) is 25.3 Å².